The van der Waals surface area contributed by atoms with Gasteiger partial charge < -0.3 is 10.6 Å². The Labute approximate surface area is 111 Å². The standard InChI is InChI=1S/C12H26N2O3S/c1-10(2)6-18(16,17)7-11(15)14(5)9-12(3,4)8-13/h10H,6-9,13H2,1-5H3. The Kier molecular flexibility index (Phi) is 6.29. The van der Waals surface area contributed by atoms with E-state index in [2.05, 4.69) is 0 Å². The lowest BCUT2D eigenvalue weighted by Crippen LogP contribution is -2.42. The number of nitrogens with zero attached hydrogens (tertiary/aromatic N) is 1. The van der Waals surface area contributed by atoms with Crippen LogP contribution in [0, 0.1) is 11.3 Å². The molecule has 18 heavy (non-hydrogen) atoms. The molecule has 0 aromatic rings. The van der Waals surface area contributed by atoms with Gasteiger partial charge in [0, 0.05) is 13.6 Å². The van der Waals surface area contributed by atoms with Crippen LogP contribution in [0.2, 0.25) is 0 Å². The zero-order valence-corrected chi connectivity index (χ0v) is 12.9. The van der Waals surface area contributed by atoms with Gasteiger partial charge >= 0.3 is 0 Å². The molecule has 0 saturated heterocycles. The predicted molar refractivity (Wildman–Crippen MR) is 74.0 cm³/mol. The third kappa shape index (κ3) is 6.96. The van der Waals surface area contributed by atoms with Crippen molar-refractivity contribution in [1.29, 1.82) is 0 Å². The quantitative estimate of drug-likeness (QED) is 0.735. The predicted octanol–water partition coefficient (Wildman–Crippen LogP) is 0.501. The maximum atomic E-state index is 11.8. The summed E-state index contributed by atoms with van der Waals surface area (Å²) in [6, 6.07) is 0. The van der Waals surface area contributed by atoms with Gasteiger partial charge in [0.15, 0.2) is 9.84 Å². The molecule has 0 aromatic carbocycles. The number of rotatable bonds is 7. The number of carbonyl (C=O) groups excluding carboxylic acids is 1. The fraction of sp³-hybridized carbons (Fsp3) is 0.917. The number of carbonyl (C=O) groups is 1. The van der Waals surface area contributed by atoms with Gasteiger partial charge in [-0.3, -0.25) is 4.79 Å². The van der Waals surface area contributed by atoms with Crippen LogP contribution in [0.1, 0.15) is 27.7 Å². The van der Waals surface area contributed by atoms with Crippen molar-refractivity contribution in [3.63, 3.8) is 0 Å². The summed E-state index contributed by atoms with van der Waals surface area (Å²) in [6.45, 7) is 8.44. The van der Waals surface area contributed by atoms with Crippen molar-refractivity contribution < 1.29 is 13.2 Å². The van der Waals surface area contributed by atoms with Crippen LogP contribution < -0.4 is 5.73 Å². The third-order valence-electron chi connectivity index (χ3n) is 2.57. The maximum Gasteiger partial charge on any atom is 0.237 e. The zero-order chi connectivity index (χ0) is 14.6. The second-order valence-corrected chi connectivity index (χ2v) is 8.18. The fourth-order valence-electron chi connectivity index (χ4n) is 1.66. The summed E-state index contributed by atoms with van der Waals surface area (Å²) in [4.78, 5) is 13.3. The van der Waals surface area contributed by atoms with Crippen LogP contribution in [0.5, 0.6) is 0 Å². The first-order chi connectivity index (χ1) is 7.99. The first-order valence-corrected chi connectivity index (χ1v) is 7.96. The van der Waals surface area contributed by atoms with E-state index in [-0.39, 0.29) is 23.0 Å². The number of hydrogen-bond acceptors (Lipinski definition) is 4. The van der Waals surface area contributed by atoms with Gasteiger partial charge in [-0.2, -0.15) is 0 Å². The van der Waals surface area contributed by atoms with Crippen LogP contribution in [-0.4, -0.2) is 50.9 Å². The number of amides is 1. The fourth-order valence-corrected chi connectivity index (χ4v) is 3.39. The SMILES string of the molecule is CC(C)CS(=O)(=O)CC(=O)N(C)CC(C)(C)CN. The molecule has 0 spiro atoms. The minimum absolute atomic E-state index is 0.0357. The lowest BCUT2D eigenvalue weighted by Gasteiger charge is -2.29. The second-order valence-electron chi connectivity index (χ2n) is 6.07. The van der Waals surface area contributed by atoms with Crippen LogP contribution in [0.4, 0.5) is 0 Å². The van der Waals surface area contributed by atoms with Crippen LogP contribution in [0.25, 0.3) is 0 Å². The van der Waals surface area contributed by atoms with Gasteiger partial charge in [0.2, 0.25) is 5.91 Å². The molecule has 0 rings (SSSR count). The minimum atomic E-state index is -3.31. The normalized spacial score (nSPS) is 12.8. The molecule has 0 unspecified atom stereocenters. The van der Waals surface area contributed by atoms with E-state index in [0.29, 0.717) is 13.1 Å². The summed E-state index contributed by atoms with van der Waals surface area (Å²) in [6.07, 6.45) is 0. The van der Waals surface area contributed by atoms with Crippen LogP contribution in [0.15, 0.2) is 0 Å². The lowest BCUT2D eigenvalue weighted by atomic mass is 9.93. The summed E-state index contributed by atoms with van der Waals surface area (Å²) in [5.74, 6) is -0.694. The van der Waals surface area contributed by atoms with Gasteiger partial charge in [-0.05, 0) is 17.9 Å². The first kappa shape index (κ1) is 17.4. The smallest absolute Gasteiger partial charge is 0.237 e. The van der Waals surface area contributed by atoms with E-state index in [1.807, 2.05) is 27.7 Å². The van der Waals surface area contributed by atoms with Crippen molar-refractivity contribution in [2.45, 2.75) is 27.7 Å². The molecule has 6 heteroatoms. The van der Waals surface area contributed by atoms with E-state index < -0.39 is 15.6 Å². The van der Waals surface area contributed by atoms with Crippen molar-refractivity contribution in [1.82, 2.24) is 4.90 Å². The number of sulfone groups is 1. The summed E-state index contributed by atoms with van der Waals surface area (Å²) in [5, 5.41) is 0. The Morgan fingerprint density at radius 3 is 2.22 bits per heavy atom. The van der Waals surface area contributed by atoms with E-state index in [4.69, 9.17) is 5.73 Å². The summed E-state index contributed by atoms with van der Waals surface area (Å²) < 4.78 is 23.4. The second kappa shape index (κ2) is 6.52. The van der Waals surface area contributed by atoms with Crippen molar-refractivity contribution in [3.05, 3.63) is 0 Å². The molecule has 0 saturated carbocycles. The van der Waals surface area contributed by atoms with Gasteiger partial charge in [0.25, 0.3) is 0 Å². The van der Waals surface area contributed by atoms with Crippen LogP contribution in [-0.2, 0) is 14.6 Å². The molecular formula is C12H26N2O3S. The highest BCUT2D eigenvalue weighted by Gasteiger charge is 2.25. The summed E-state index contributed by atoms with van der Waals surface area (Å²) in [7, 11) is -1.69. The van der Waals surface area contributed by atoms with E-state index in [0.717, 1.165) is 0 Å². The Balaban J connectivity index is 4.50. The molecule has 0 bridgehead atoms. The Morgan fingerprint density at radius 2 is 1.83 bits per heavy atom. The van der Waals surface area contributed by atoms with E-state index in [1.54, 1.807) is 7.05 Å². The monoisotopic (exact) mass is 278 g/mol. The third-order valence-corrected chi connectivity index (χ3v) is 4.44. The Bertz CT molecular complexity index is 375. The maximum absolute atomic E-state index is 11.8. The minimum Gasteiger partial charge on any atom is -0.344 e. The molecule has 2 N–H and O–H groups in total. The number of nitrogens with two attached hydrogens (primary N) is 1. The average Bonchev–Trinajstić information content (AvgIpc) is 2.13. The Morgan fingerprint density at radius 1 is 1.33 bits per heavy atom. The molecule has 0 aliphatic heterocycles. The largest absolute Gasteiger partial charge is 0.344 e. The molecule has 0 heterocycles. The lowest BCUT2D eigenvalue weighted by molar-refractivity contribution is -0.128. The first-order valence-electron chi connectivity index (χ1n) is 6.13. The highest BCUT2D eigenvalue weighted by molar-refractivity contribution is 7.92. The van der Waals surface area contributed by atoms with Crippen LogP contribution in [0.3, 0.4) is 0 Å². The van der Waals surface area contributed by atoms with E-state index in [1.165, 1.54) is 4.90 Å². The van der Waals surface area contributed by atoms with Crippen molar-refractivity contribution >= 4 is 15.7 Å². The molecule has 0 aliphatic carbocycles. The molecule has 1 amide bonds. The molecule has 0 aliphatic rings. The van der Waals surface area contributed by atoms with Gasteiger partial charge in [-0.1, -0.05) is 27.7 Å². The molecule has 0 fully saturated rings. The van der Waals surface area contributed by atoms with Crippen molar-refractivity contribution in [2.75, 3.05) is 31.6 Å². The molecule has 108 valence electrons. The molecule has 0 aromatic heterocycles. The number of hydrogen-bond donors (Lipinski definition) is 1. The molecule has 5 nitrogen and oxygen atoms in total. The molecule has 0 radical (unpaired) electrons. The van der Waals surface area contributed by atoms with Gasteiger partial charge in [-0.15, -0.1) is 0 Å². The van der Waals surface area contributed by atoms with E-state index >= 15 is 0 Å². The molecular weight excluding hydrogens is 252 g/mol. The zero-order valence-electron chi connectivity index (χ0n) is 12.1. The summed E-state index contributed by atoms with van der Waals surface area (Å²) in [5.41, 5.74) is 5.39. The average molecular weight is 278 g/mol. The summed E-state index contributed by atoms with van der Waals surface area (Å²) >= 11 is 0. The van der Waals surface area contributed by atoms with Crippen molar-refractivity contribution in [2.24, 2.45) is 17.1 Å². The van der Waals surface area contributed by atoms with Gasteiger partial charge in [0.05, 0.1) is 5.75 Å². The highest BCUT2D eigenvalue weighted by atomic mass is 32.2. The highest BCUT2D eigenvalue weighted by Crippen LogP contribution is 2.14. The van der Waals surface area contributed by atoms with Gasteiger partial charge in [-0.25, -0.2) is 8.42 Å². The van der Waals surface area contributed by atoms with Crippen LogP contribution >= 0.6 is 0 Å². The topological polar surface area (TPSA) is 80.5 Å². The van der Waals surface area contributed by atoms with Gasteiger partial charge in [0.1, 0.15) is 5.75 Å². The molecule has 0 atom stereocenters. The van der Waals surface area contributed by atoms with Crippen molar-refractivity contribution in [3.8, 4) is 0 Å². The van der Waals surface area contributed by atoms with E-state index in [9.17, 15) is 13.2 Å². The Hall–Kier alpha value is -0.620.